The van der Waals surface area contributed by atoms with Gasteiger partial charge >= 0.3 is 0 Å². The fourth-order valence-electron chi connectivity index (χ4n) is 2.41. The van der Waals surface area contributed by atoms with Gasteiger partial charge in [0.2, 0.25) is 0 Å². The lowest BCUT2D eigenvalue weighted by Gasteiger charge is -2.16. The van der Waals surface area contributed by atoms with Crippen molar-refractivity contribution < 1.29 is 4.74 Å². The minimum Gasteiger partial charge on any atom is -0.492 e. The van der Waals surface area contributed by atoms with Crippen LogP contribution in [0.15, 0.2) is 48.5 Å². The third-order valence-electron chi connectivity index (χ3n) is 4.08. The first-order valence-corrected chi connectivity index (χ1v) is 7.65. The van der Waals surface area contributed by atoms with Gasteiger partial charge in [0, 0.05) is 0 Å². The Hall–Kier alpha value is -1.80. The lowest BCUT2D eigenvalue weighted by atomic mass is 9.99. The van der Waals surface area contributed by atoms with Crippen LogP contribution in [0.1, 0.15) is 48.9 Å². The Balaban J connectivity index is 1.95. The fourth-order valence-corrected chi connectivity index (χ4v) is 2.41. The summed E-state index contributed by atoms with van der Waals surface area (Å²) < 4.78 is 5.82. The van der Waals surface area contributed by atoms with Gasteiger partial charge in [-0.1, -0.05) is 50.2 Å². The van der Waals surface area contributed by atoms with Crippen molar-refractivity contribution in [3.05, 3.63) is 65.2 Å². The average Bonchev–Trinajstić information content (AvgIpc) is 2.52. The Bertz CT molecular complexity index is 562. The molecule has 2 aromatic rings. The SMILES string of the molecule is CCC(C)c1ccc(OCC(N)c2ccccc2C)cc1. The predicted molar refractivity (Wildman–Crippen MR) is 88.8 cm³/mol. The summed E-state index contributed by atoms with van der Waals surface area (Å²) in [5, 5.41) is 0. The first-order valence-electron chi connectivity index (χ1n) is 7.65. The molecule has 2 rings (SSSR count). The Morgan fingerprint density at radius 1 is 1.05 bits per heavy atom. The molecule has 2 unspecified atom stereocenters. The molecule has 0 saturated heterocycles. The quantitative estimate of drug-likeness (QED) is 0.841. The number of hydrogen-bond acceptors (Lipinski definition) is 2. The molecular weight excluding hydrogens is 258 g/mol. The summed E-state index contributed by atoms with van der Waals surface area (Å²) in [7, 11) is 0. The third kappa shape index (κ3) is 4.08. The number of aryl methyl sites for hydroxylation is 1. The normalized spacial score (nSPS) is 13.7. The molecule has 0 aromatic heterocycles. The second-order valence-electron chi connectivity index (χ2n) is 5.65. The first kappa shape index (κ1) is 15.6. The summed E-state index contributed by atoms with van der Waals surface area (Å²) in [6, 6.07) is 16.4. The van der Waals surface area contributed by atoms with E-state index in [1.807, 2.05) is 24.3 Å². The number of benzene rings is 2. The van der Waals surface area contributed by atoms with E-state index in [-0.39, 0.29) is 6.04 Å². The lowest BCUT2D eigenvalue weighted by Crippen LogP contribution is -2.19. The summed E-state index contributed by atoms with van der Waals surface area (Å²) in [5.74, 6) is 1.47. The van der Waals surface area contributed by atoms with E-state index in [4.69, 9.17) is 10.5 Å². The largest absolute Gasteiger partial charge is 0.492 e. The fraction of sp³-hybridized carbons (Fsp3) is 0.368. The van der Waals surface area contributed by atoms with Crippen molar-refractivity contribution in [1.29, 1.82) is 0 Å². The zero-order valence-corrected chi connectivity index (χ0v) is 13.2. The van der Waals surface area contributed by atoms with Crippen molar-refractivity contribution in [2.24, 2.45) is 5.73 Å². The third-order valence-corrected chi connectivity index (χ3v) is 4.08. The van der Waals surface area contributed by atoms with Crippen molar-refractivity contribution in [3.63, 3.8) is 0 Å². The molecule has 112 valence electrons. The van der Waals surface area contributed by atoms with E-state index in [9.17, 15) is 0 Å². The average molecular weight is 283 g/mol. The predicted octanol–water partition coefficient (Wildman–Crippen LogP) is 4.59. The minimum absolute atomic E-state index is 0.0968. The molecule has 0 bridgehead atoms. The molecule has 21 heavy (non-hydrogen) atoms. The molecule has 0 saturated carbocycles. The highest BCUT2D eigenvalue weighted by Gasteiger charge is 2.09. The Morgan fingerprint density at radius 2 is 1.71 bits per heavy atom. The van der Waals surface area contributed by atoms with Crippen LogP contribution in [-0.4, -0.2) is 6.61 Å². The molecule has 0 spiro atoms. The van der Waals surface area contributed by atoms with Gasteiger partial charge in [-0.15, -0.1) is 0 Å². The van der Waals surface area contributed by atoms with Gasteiger partial charge in [0.25, 0.3) is 0 Å². The standard InChI is InChI=1S/C19H25NO/c1-4-14(2)16-9-11-17(12-10-16)21-13-19(20)18-8-6-5-7-15(18)3/h5-12,14,19H,4,13,20H2,1-3H3. The molecule has 0 radical (unpaired) electrons. The van der Waals surface area contributed by atoms with Gasteiger partial charge < -0.3 is 10.5 Å². The molecule has 2 heteroatoms. The van der Waals surface area contributed by atoms with E-state index < -0.39 is 0 Å². The Kier molecular flexibility index (Phi) is 5.40. The second-order valence-corrected chi connectivity index (χ2v) is 5.65. The summed E-state index contributed by atoms with van der Waals surface area (Å²) in [6.07, 6.45) is 1.15. The molecule has 2 N–H and O–H groups in total. The highest BCUT2D eigenvalue weighted by Crippen LogP contribution is 2.22. The van der Waals surface area contributed by atoms with E-state index in [2.05, 4.69) is 45.0 Å². The molecule has 0 aliphatic heterocycles. The number of rotatable bonds is 6. The number of hydrogen-bond donors (Lipinski definition) is 1. The summed E-state index contributed by atoms with van der Waals surface area (Å²) in [6.45, 7) is 7.02. The zero-order chi connectivity index (χ0) is 15.2. The first-order chi connectivity index (χ1) is 10.1. The number of ether oxygens (including phenoxy) is 1. The molecule has 0 heterocycles. The van der Waals surface area contributed by atoms with E-state index in [1.54, 1.807) is 0 Å². The molecule has 0 aliphatic rings. The van der Waals surface area contributed by atoms with Gasteiger partial charge in [-0.2, -0.15) is 0 Å². The van der Waals surface area contributed by atoms with Crippen molar-refractivity contribution in [3.8, 4) is 5.75 Å². The molecular formula is C19H25NO. The molecule has 0 fully saturated rings. The van der Waals surface area contributed by atoms with Crippen molar-refractivity contribution in [2.45, 2.75) is 39.2 Å². The summed E-state index contributed by atoms with van der Waals surface area (Å²) in [5.41, 5.74) is 9.93. The molecule has 2 aromatic carbocycles. The van der Waals surface area contributed by atoms with Crippen LogP contribution in [0.4, 0.5) is 0 Å². The highest BCUT2D eigenvalue weighted by atomic mass is 16.5. The van der Waals surface area contributed by atoms with E-state index in [0.717, 1.165) is 17.7 Å². The van der Waals surface area contributed by atoms with Crippen LogP contribution < -0.4 is 10.5 Å². The molecule has 2 atom stereocenters. The van der Waals surface area contributed by atoms with Gasteiger partial charge in [0.1, 0.15) is 12.4 Å². The minimum atomic E-state index is -0.0968. The van der Waals surface area contributed by atoms with Crippen LogP contribution in [-0.2, 0) is 0 Å². The summed E-state index contributed by atoms with van der Waals surface area (Å²) in [4.78, 5) is 0. The van der Waals surface area contributed by atoms with Crippen LogP contribution in [0.5, 0.6) is 5.75 Å². The summed E-state index contributed by atoms with van der Waals surface area (Å²) >= 11 is 0. The van der Waals surface area contributed by atoms with Crippen molar-refractivity contribution >= 4 is 0 Å². The van der Waals surface area contributed by atoms with Crippen LogP contribution in [0.25, 0.3) is 0 Å². The maximum Gasteiger partial charge on any atom is 0.119 e. The lowest BCUT2D eigenvalue weighted by molar-refractivity contribution is 0.290. The van der Waals surface area contributed by atoms with Gasteiger partial charge in [-0.3, -0.25) is 0 Å². The van der Waals surface area contributed by atoms with Gasteiger partial charge in [0.05, 0.1) is 6.04 Å². The van der Waals surface area contributed by atoms with E-state index in [1.165, 1.54) is 11.1 Å². The molecule has 0 amide bonds. The van der Waals surface area contributed by atoms with Crippen LogP contribution >= 0.6 is 0 Å². The topological polar surface area (TPSA) is 35.2 Å². The van der Waals surface area contributed by atoms with E-state index in [0.29, 0.717) is 12.5 Å². The van der Waals surface area contributed by atoms with Crippen LogP contribution in [0.2, 0.25) is 0 Å². The Labute approximate surface area is 127 Å². The Morgan fingerprint density at radius 3 is 2.33 bits per heavy atom. The van der Waals surface area contributed by atoms with E-state index >= 15 is 0 Å². The van der Waals surface area contributed by atoms with Crippen LogP contribution in [0, 0.1) is 6.92 Å². The maximum absolute atomic E-state index is 6.22. The molecule has 0 aliphatic carbocycles. The van der Waals surface area contributed by atoms with Gasteiger partial charge in [-0.25, -0.2) is 0 Å². The monoisotopic (exact) mass is 283 g/mol. The maximum atomic E-state index is 6.22. The highest BCUT2D eigenvalue weighted by molar-refractivity contribution is 5.31. The number of nitrogens with two attached hydrogens (primary N) is 1. The second kappa shape index (κ2) is 7.28. The molecule has 2 nitrogen and oxygen atoms in total. The van der Waals surface area contributed by atoms with Gasteiger partial charge in [-0.05, 0) is 48.1 Å². The van der Waals surface area contributed by atoms with Gasteiger partial charge in [0.15, 0.2) is 0 Å². The van der Waals surface area contributed by atoms with Crippen molar-refractivity contribution in [1.82, 2.24) is 0 Å². The van der Waals surface area contributed by atoms with Crippen molar-refractivity contribution in [2.75, 3.05) is 6.61 Å². The van der Waals surface area contributed by atoms with Crippen LogP contribution in [0.3, 0.4) is 0 Å². The zero-order valence-electron chi connectivity index (χ0n) is 13.2. The smallest absolute Gasteiger partial charge is 0.119 e.